The first kappa shape index (κ1) is 14.0. The van der Waals surface area contributed by atoms with Crippen LogP contribution in [0.25, 0.3) is 0 Å². The van der Waals surface area contributed by atoms with Crippen LogP contribution in [0.3, 0.4) is 0 Å². The quantitative estimate of drug-likeness (QED) is 0.477. The van der Waals surface area contributed by atoms with Crippen LogP contribution in [-0.2, 0) is 6.54 Å². The fraction of sp³-hybridized carbons (Fsp3) is 0.143. The highest BCUT2D eigenvalue weighted by molar-refractivity contribution is 5.94. The van der Waals surface area contributed by atoms with Gasteiger partial charge < -0.3 is 22.5 Å². The highest BCUT2D eigenvalue weighted by atomic mass is 16.1. The molecule has 1 heterocycles. The van der Waals surface area contributed by atoms with Crippen LogP contribution in [0.2, 0.25) is 0 Å². The van der Waals surface area contributed by atoms with Crippen molar-refractivity contribution in [2.75, 3.05) is 5.73 Å². The van der Waals surface area contributed by atoms with Gasteiger partial charge in [0.2, 0.25) is 0 Å². The molecular weight excluding hydrogens is 254 g/mol. The lowest BCUT2D eigenvalue weighted by Gasteiger charge is -2.11. The third-order valence-electron chi connectivity index (χ3n) is 2.88. The summed E-state index contributed by atoms with van der Waals surface area (Å²) in [6, 6.07) is 8.58. The molecule has 6 nitrogen and oxygen atoms in total. The Morgan fingerprint density at radius 2 is 2.10 bits per heavy atom. The van der Waals surface area contributed by atoms with Gasteiger partial charge in [-0.15, -0.1) is 0 Å². The monoisotopic (exact) mass is 271 g/mol. The maximum absolute atomic E-state index is 12.1. The molecule has 0 aliphatic rings. The number of nitrogen functional groups attached to an aromatic ring is 1. The van der Waals surface area contributed by atoms with Crippen molar-refractivity contribution in [2.24, 2.45) is 11.5 Å². The van der Waals surface area contributed by atoms with Gasteiger partial charge in [-0.1, -0.05) is 6.07 Å². The summed E-state index contributed by atoms with van der Waals surface area (Å²) >= 11 is 0. The van der Waals surface area contributed by atoms with Gasteiger partial charge in [-0.2, -0.15) is 0 Å². The third-order valence-corrected chi connectivity index (χ3v) is 2.88. The lowest BCUT2D eigenvalue weighted by Crippen LogP contribution is -2.25. The molecule has 2 aromatic rings. The number of nitrogens with two attached hydrogens (primary N) is 3. The second kappa shape index (κ2) is 6.14. The van der Waals surface area contributed by atoms with Crippen molar-refractivity contribution in [3.63, 3.8) is 0 Å². The number of hydrogen-bond donors (Lipinski definition) is 4. The zero-order chi connectivity index (χ0) is 14.5. The largest absolute Gasteiger partial charge is 0.398 e. The van der Waals surface area contributed by atoms with E-state index in [9.17, 15) is 4.79 Å². The van der Waals surface area contributed by atoms with E-state index in [0.717, 1.165) is 5.56 Å². The van der Waals surface area contributed by atoms with Crippen molar-refractivity contribution in [1.82, 2.24) is 10.3 Å². The van der Waals surface area contributed by atoms with Crippen LogP contribution in [-0.4, -0.2) is 10.9 Å². The van der Waals surface area contributed by atoms with E-state index in [1.165, 1.54) is 0 Å². The number of carbonyl (C=O) groups is 1. The van der Waals surface area contributed by atoms with Crippen molar-refractivity contribution in [3.8, 4) is 0 Å². The number of amides is 1. The van der Waals surface area contributed by atoms with Gasteiger partial charge in [0, 0.05) is 35.8 Å². The fourth-order valence-corrected chi connectivity index (χ4v) is 1.79. The summed E-state index contributed by atoms with van der Waals surface area (Å²) in [5.74, 6) is -0.212. The van der Waals surface area contributed by atoms with E-state index in [1.807, 2.05) is 12.1 Å². The molecule has 1 aromatic carbocycles. The number of carbonyl (C=O) groups excluding carboxylic acids is 1. The maximum Gasteiger partial charge on any atom is 0.251 e. The molecule has 0 unspecified atom stereocenters. The number of nitrogens with zero attached hydrogens (tertiary/aromatic N) is 1. The minimum Gasteiger partial charge on any atom is -0.398 e. The first-order valence-corrected chi connectivity index (χ1v) is 6.15. The van der Waals surface area contributed by atoms with E-state index in [1.54, 1.807) is 30.6 Å². The third kappa shape index (κ3) is 3.31. The van der Waals surface area contributed by atoms with Crippen LogP contribution in [0.15, 0.2) is 42.7 Å². The van der Waals surface area contributed by atoms with Crippen molar-refractivity contribution >= 4 is 11.6 Å². The van der Waals surface area contributed by atoms with Crippen LogP contribution in [0.1, 0.15) is 27.7 Å². The lowest BCUT2D eigenvalue weighted by atomic mass is 10.1. The molecule has 0 aliphatic carbocycles. The van der Waals surface area contributed by atoms with Gasteiger partial charge in [-0.05, 0) is 29.8 Å². The zero-order valence-corrected chi connectivity index (χ0v) is 10.9. The Kier molecular flexibility index (Phi) is 4.29. The fourth-order valence-electron chi connectivity index (χ4n) is 1.79. The smallest absolute Gasteiger partial charge is 0.251 e. The first-order valence-electron chi connectivity index (χ1n) is 6.15. The van der Waals surface area contributed by atoms with Gasteiger partial charge >= 0.3 is 0 Å². The van der Waals surface area contributed by atoms with Gasteiger partial charge in [0.25, 0.3) is 5.91 Å². The number of benzene rings is 1. The first-order chi connectivity index (χ1) is 9.58. The van der Waals surface area contributed by atoms with E-state index >= 15 is 0 Å². The average Bonchev–Trinajstić information content (AvgIpc) is 2.46. The van der Waals surface area contributed by atoms with E-state index < -0.39 is 6.17 Å². The van der Waals surface area contributed by atoms with E-state index in [2.05, 4.69) is 10.3 Å². The number of pyridine rings is 1. The summed E-state index contributed by atoms with van der Waals surface area (Å²) in [7, 11) is 0. The Hall–Kier alpha value is -2.44. The Balaban J connectivity index is 2.08. The minimum atomic E-state index is -0.707. The molecule has 1 aromatic heterocycles. The summed E-state index contributed by atoms with van der Waals surface area (Å²) < 4.78 is 0. The van der Waals surface area contributed by atoms with E-state index in [-0.39, 0.29) is 5.91 Å². The molecule has 0 radical (unpaired) electrons. The Bertz CT molecular complexity index is 598. The number of aromatic nitrogens is 1. The molecule has 6 heteroatoms. The predicted molar refractivity (Wildman–Crippen MR) is 77.4 cm³/mol. The predicted octanol–water partition coefficient (Wildman–Crippen LogP) is 0.510. The lowest BCUT2D eigenvalue weighted by molar-refractivity contribution is 0.0951. The van der Waals surface area contributed by atoms with Crippen LogP contribution in [0.4, 0.5) is 5.69 Å². The number of hydrogen-bond acceptors (Lipinski definition) is 5. The van der Waals surface area contributed by atoms with Crippen LogP contribution >= 0.6 is 0 Å². The van der Waals surface area contributed by atoms with Gasteiger partial charge in [0.05, 0.1) is 6.17 Å². The van der Waals surface area contributed by atoms with Crippen LogP contribution in [0.5, 0.6) is 0 Å². The molecular formula is C14H17N5O. The molecule has 0 atom stereocenters. The molecule has 0 bridgehead atoms. The topological polar surface area (TPSA) is 120 Å². The van der Waals surface area contributed by atoms with Crippen molar-refractivity contribution in [3.05, 3.63) is 59.4 Å². The average molecular weight is 271 g/mol. The number of nitrogens with one attached hydrogen (secondary N) is 1. The molecule has 104 valence electrons. The summed E-state index contributed by atoms with van der Waals surface area (Å²) in [6.07, 6.45) is 2.67. The SMILES string of the molecule is Nc1ccc(C(=O)NCc2cccnc2)cc1C(N)N. The molecule has 7 N–H and O–H groups in total. The molecule has 0 aliphatic heterocycles. The van der Waals surface area contributed by atoms with Crippen LogP contribution < -0.4 is 22.5 Å². The normalized spacial score (nSPS) is 10.6. The Labute approximate surface area is 117 Å². The van der Waals surface area contributed by atoms with Gasteiger partial charge in [0.15, 0.2) is 0 Å². The summed E-state index contributed by atoms with van der Waals surface area (Å²) in [5.41, 5.74) is 19.4. The Morgan fingerprint density at radius 3 is 2.75 bits per heavy atom. The summed E-state index contributed by atoms with van der Waals surface area (Å²) in [6.45, 7) is 0.404. The van der Waals surface area contributed by atoms with E-state index in [0.29, 0.717) is 23.4 Å². The van der Waals surface area contributed by atoms with Crippen molar-refractivity contribution in [2.45, 2.75) is 12.7 Å². The van der Waals surface area contributed by atoms with Gasteiger partial charge in [-0.3, -0.25) is 9.78 Å². The number of rotatable bonds is 4. The molecule has 0 spiro atoms. The van der Waals surface area contributed by atoms with Gasteiger partial charge in [-0.25, -0.2) is 0 Å². The number of anilines is 1. The summed E-state index contributed by atoms with van der Waals surface area (Å²) in [4.78, 5) is 16.0. The van der Waals surface area contributed by atoms with Crippen LogP contribution in [0, 0.1) is 0 Å². The Morgan fingerprint density at radius 1 is 1.30 bits per heavy atom. The molecule has 0 saturated heterocycles. The second-order valence-corrected chi connectivity index (χ2v) is 4.41. The second-order valence-electron chi connectivity index (χ2n) is 4.41. The highest BCUT2D eigenvalue weighted by Crippen LogP contribution is 2.17. The highest BCUT2D eigenvalue weighted by Gasteiger charge is 2.10. The van der Waals surface area contributed by atoms with E-state index in [4.69, 9.17) is 17.2 Å². The standard InChI is InChI=1S/C14H17N5O/c15-12-4-3-10(6-11(12)13(16)17)14(20)19-8-9-2-1-5-18-7-9/h1-7,13H,8,15-17H2,(H,19,20). The molecule has 0 fully saturated rings. The summed E-state index contributed by atoms with van der Waals surface area (Å²) in [5, 5.41) is 2.80. The molecule has 2 rings (SSSR count). The maximum atomic E-state index is 12.1. The molecule has 0 saturated carbocycles. The van der Waals surface area contributed by atoms with Crippen molar-refractivity contribution < 1.29 is 4.79 Å². The molecule has 20 heavy (non-hydrogen) atoms. The molecule has 1 amide bonds. The van der Waals surface area contributed by atoms with Gasteiger partial charge in [0.1, 0.15) is 0 Å². The minimum absolute atomic E-state index is 0.212. The van der Waals surface area contributed by atoms with Crippen molar-refractivity contribution in [1.29, 1.82) is 0 Å². The zero-order valence-electron chi connectivity index (χ0n) is 10.9.